The molecule has 0 radical (unpaired) electrons. The van der Waals surface area contributed by atoms with Gasteiger partial charge in [0.05, 0.1) is 13.2 Å². The molecule has 3 nitrogen and oxygen atoms in total. The van der Waals surface area contributed by atoms with E-state index in [0.717, 1.165) is 12.4 Å². The highest BCUT2D eigenvalue weighted by Gasteiger charge is 2.20. The molecule has 3 heteroatoms. The Bertz CT molecular complexity index is 384. The Morgan fingerprint density at radius 3 is 2.20 bits per heavy atom. The fraction of sp³-hybridized carbons (Fsp3) is 0.647. The first kappa shape index (κ1) is 17.0. The third-order valence-electron chi connectivity index (χ3n) is 3.08. The molecule has 0 aliphatic carbocycles. The molecule has 0 saturated heterocycles. The van der Waals surface area contributed by atoms with Crippen LogP contribution in [0.25, 0.3) is 0 Å². The summed E-state index contributed by atoms with van der Waals surface area (Å²) in [5.74, 6) is 1.48. The van der Waals surface area contributed by atoms with Crippen LogP contribution >= 0.6 is 0 Å². The van der Waals surface area contributed by atoms with Crippen LogP contribution in [0.3, 0.4) is 0 Å². The van der Waals surface area contributed by atoms with Crippen molar-refractivity contribution in [1.82, 2.24) is 5.32 Å². The second-order valence-electron chi connectivity index (χ2n) is 6.46. The van der Waals surface area contributed by atoms with E-state index < -0.39 is 0 Å². The quantitative estimate of drug-likeness (QED) is 0.785. The van der Waals surface area contributed by atoms with E-state index in [9.17, 15) is 0 Å². The highest BCUT2D eigenvalue weighted by Crippen LogP contribution is 2.20. The highest BCUT2D eigenvalue weighted by atomic mass is 16.5. The van der Waals surface area contributed by atoms with E-state index in [1.807, 2.05) is 12.1 Å². The van der Waals surface area contributed by atoms with Gasteiger partial charge in [0.2, 0.25) is 0 Å². The number of rotatable bonds is 8. The second-order valence-corrected chi connectivity index (χ2v) is 6.46. The van der Waals surface area contributed by atoms with Crippen molar-refractivity contribution in [1.29, 1.82) is 0 Å². The minimum absolute atomic E-state index is 0.0407. The Hall–Kier alpha value is -1.06. The van der Waals surface area contributed by atoms with Crippen molar-refractivity contribution in [3.05, 3.63) is 29.8 Å². The average Bonchev–Trinajstić information content (AvgIpc) is 2.36. The lowest BCUT2D eigenvalue weighted by molar-refractivity contribution is 0.122. The molecule has 0 spiro atoms. The van der Waals surface area contributed by atoms with Gasteiger partial charge in [-0.1, -0.05) is 26.0 Å². The van der Waals surface area contributed by atoms with E-state index in [1.54, 1.807) is 7.11 Å². The molecule has 1 unspecified atom stereocenters. The molecule has 0 aliphatic heterocycles. The molecule has 0 heterocycles. The third-order valence-corrected chi connectivity index (χ3v) is 3.08. The van der Waals surface area contributed by atoms with Crippen molar-refractivity contribution >= 4 is 0 Å². The molecule has 20 heavy (non-hydrogen) atoms. The maximum Gasteiger partial charge on any atom is 0.119 e. The van der Waals surface area contributed by atoms with Gasteiger partial charge < -0.3 is 14.8 Å². The van der Waals surface area contributed by atoms with Crippen molar-refractivity contribution in [3.8, 4) is 5.75 Å². The van der Waals surface area contributed by atoms with E-state index in [4.69, 9.17) is 9.47 Å². The molecule has 114 valence electrons. The van der Waals surface area contributed by atoms with E-state index in [0.29, 0.717) is 12.5 Å². The zero-order valence-electron chi connectivity index (χ0n) is 13.7. The summed E-state index contributed by atoms with van der Waals surface area (Å²) in [6, 6.07) is 8.60. The fourth-order valence-electron chi connectivity index (χ4n) is 2.19. The molecule has 0 bridgehead atoms. The first-order valence-corrected chi connectivity index (χ1v) is 7.33. The normalized spacial score (nSPS) is 13.6. The Labute approximate surface area is 123 Å². The summed E-state index contributed by atoms with van der Waals surface area (Å²) in [4.78, 5) is 0. The van der Waals surface area contributed by atoms with Gasteiger partial charge in [0.25, 0.3) is 0 Å². The molecule has 0 aliphatic rings. The summed E-state index contributed by atoms with van der Waals surface area (Å²) < 4.78 is 10.9. The third kappa shape index (κ3) is 5.93. The van der Waals surface area contributed by atoms with Gasteiger partial charge in [-0.25, -0.2) is 0 Å². The van der Waals surface area contributed by atoms with Crippen molar-refractivity contribution in [2.45, 2.75) is 46.2 Å². The number of nitrogens with one attached hydrogen (secondary N) is 1. The Morgan fingerprint density at radius 2 is 1.70 bits per heavy atom. The maximum atomic E-state index is 5.70. The van der Waals surface area contributed by atoms with Crippen LogP contribution in [0.2, 0.25) is 0 Å². The minimum Gasteiger partial charge on any atom is -0.493 e. The van der Waals surface area contributed by atoms with Gasteiger partial charge in [0.1, 0.15) is 5.75 Å². The first-order chi connectivity index (χ1) is 9.34. The minimum atomic E-state index is -0.0407. The molecular weight excluding hydrogens is 250 g/mol. The van der Waals surface area contributed by atoms with Gasteiger partial charge in [0, 0.05) is 18.7 Å². The van der Waals surface area contributed by atoms with Crippen molar-refractivity contribution < 1.29 is 9.47 Å². The molecular formula is C17H29NO2. The maximum absolute atomic E-state index is 5.70. The summed E-state index contributed by atoms with van der Waals surface area (Å²) in [7, 11) is 1.73. The molecule has 1 N–H and O–H groups in total. The van der Waals surface area contributed by atoms with Gasteiger partial charge in [-0.3, -0.25) is 0 Å². The SMILES string of the molecule is COCC(C)(C)NC(C)c1ccc(OCC(C)C)cc1. The highest BCUT2D eigenvalue weighted by molar-refractivity contribution is 5.29. The lowest BCUT2D eigenvalue weighted by atomic mass is 10.0. The van der Waals surface area contributed by atoms with Crippen LogP contribution in [0.5, 0.6) is 5.75 Å². The summed E-state index contributed by atoms with van der Waals surface area (Å²) in [5, 5.41) is 3.58. The van der Waals surface area contributed by atoms with E-state index in [1.165, 1.54) is 5.56 Å². The van der Waals surface area contributed by atoms with Crippen LogP contribution in [-0.2, 0) is 4.74 Å². The summed E-state index contributed by atoms with van der Waals surface area (Å²) >= 11 is 0. The monoisotopic (exact) mass is 279 g/mol. The number of hydrogen-bond donors (Lipinski definition) is 1. The topological polar surface area (TPSA) is 30.5 Å². The van der Waals surface area contributed by atoms with Crippen molar-refractivity contribution in [3.63, 3.8) is 0 Å². The van der Waals surface area contributed by atoms with Gasteiger partial charge in [-0.15, -0.1) is 0 Å². The lowest BCUT2D eigenvalue weighted by Gasteiger charge is -2.29. The van der Waals surface area contributed by atoms with Crippen LogP contribution < -0.4 is 10.1 Å². The molecule has 0 fully saturated rings. The molecule has 1 atom stereocenters. The first-order valence-electron chi connectivity index (χ1n) is 7.33. The van der Waals surface area contributed by atoms with Crippen LogP contribution in [-0.4, -0.2) is 25.9 Å². The second kappa shape index (κ2) is 7.65. The Balaban J connectivity index is 2.59. The van der Waals surface area contributed by atoms with Gasteiger partial charge in [0.15, 0.2) is 0 Å². The zero-order valence-corrected chi connectivity index (χ0v) is 13.7. The van der Waals surface area contributed by atoms with Crippen molar-refractivity contribution in [2.24, 2.45) is 5.92 Å². The summed E-state index contributed by atoms with van der Waals surface area (Å²) in [6.07, 6.45) is 0. The number of methoxy groups -OCH3 is 1. The molecule has 0 aromatic heterocycles. The predicted octanol–water partition coefficient (Wildman–Crippen LogP) is 3.80. The number of ether oxygens (including phenoxy) is 2. The van der Waals surface area contributed by atoms with Crippen LogP contribution in [0, 0.1) is 5.92 Å². The van der Waals surface area contributed by atoms with Crippen LogP contribution in [0.4, 0.5) is 0 Å². The smallest absolute Gasteiger partial charge is 0.119 e. The number of benzene rings is 1. The molecule has 1 aromatic carbocycles. The van der Waals surface area contributed by atoms with Crippen LogP contribution in [0.15, 0.2) is 24.3 Å². The Morgan fingerprint density at radius 1 is 1.10 bits per heavy atom. The number of hydrogen-bond acceptors (Lipinski definition) is 3. The summed E-state index contributed by atoms with van der Waals surface area (Å²) in [6.45, 7) is 12.2. The average molecular weight is 279 g/mol. The standard InChI is InChI=1S/C17H29NO2/c1-13(2)11-20-16-9-7-15(8-10-16)14(3)18-17(4,5)12-19-6/h7-10,13-14,18H,11-12H2,1-6H3. The zero-order chi connectivity index (χ0) is 15.2. The Kier molecular flexibility index (Phi) is 6.50. The van der Waals surface area contributed by atoms with Gasteiger partial charge >= 0.3 is 0 Å². The van der Waals surface area contributed by atoms with Crippen LogP contribution in [0.1, 0.15) is 46.2 Å². The lowest BCUT2D eigenvalue weighted by Crippen LogP contribution is -2.44. The van der Waals surface area contributed by atoms with E-state index in [2.05, 4.69) is 52.1 Å². The van der Waals surface area contributed by atoms with E-state index >= 15 is 0 Å². The molecule has 1 rings (SSSR count). The van der Waals surface area contributed by atoms with Gasteiger partial charge in [-0.05, 0) is 44.4 Å². The molecule has 1 aromatic rings. The van der Waals surface area contributed by atoms with E-state index in [-0.39, 0.29) is 11.6 Å². The molecule has 0 saturated carbocycles. The van der Waals surface area contributed by atoms with Crippen molar-refractivity contribution in [2.75, 3.05) is 20.3 Å². The predicted molar refractivity (Wildman–Crippen MR) is 84.3 cm³/mol. The fourth-order valence-corrected chi connectivity index (χ4v) is 2.19. The van der Waals surface area contributed by atoms with Gasteiger partial charge in [-0.2, -0.15) is 0 Å². The largest absolute Gasteiger partial charge is 0.493 e. The molecule has 0 amide bonds. The summed E-state index contributed by atoms with van der Waals surface area (Å²) in [5.41, 5.74) is 1.21.